The Hall–Kier alpha value is -0.670. The quantitative estimate of drug-likeness (QED) is 0.859. The number of hydrogen-bond acceptors (Lipinski definition) is 2. The molecule has 0 atom stereocenters. The summed E-state index contributed by atoms with van der Waals surface area (Å²) in [5.74, 6) is 0. The summed E-state index contributed by atoms with van der Waals surface area (Å²) in [5, 5.41) is 0. The first-order chi connectivity index (χ1) is 5.83. The van der Waals surface area contributed by atoms with Gasteiger partial charge in [0, 0.05) is 10.7 Å². The number of halogens is 1. The summed E-state index contributed by atoms with van der Waals surface area (Å²) >= 11 is 3.32. The Morgan fingerprint density at radius 2 is 2.33 bits per heavy atom. The fourth-order valence-corrected chi connectivity index (χ4v) is 1.02. The second-order valence-corrected chi connectivity index (χ2v) is 3.30. The van der Waals surface area contributed by atoms with Crippen molar-refractivity contribution in [3.05, 3.63) is 34.6 Å². The molecule has 0 radical (unpaired) electrons. The van der Waals surface area contributed by atoms with E-state index in [9.17, 15) is 0 Å². The molecule has 0 fully saturated rings. The minimum absolute atomic E-state index is 0.688. The van der Waals surface area contributed by atoms with E-state index in [1.807, 2.05) is 24.3 Å². The molecule has 1 aromatic rings. The van der Waals surface area contributed by atoms with Crippen LogP contribution in [0.15, 0.2) is 28.9 Å². The minimum atomic E-state index is 0.688. The van der Waals surface area contributed by atoms with Crippen molar-refractivity contribution in [1.29, 1.82) is 0 Å². The lowest BCUT2D eigenvalue weighted by Gasteiger charge is -1.92. The first-order valence-corrected chi connectivity index (χ1v) is 4.60. The van der Waals surface area contributed by atoms with Crippen molar-refractivity contribution in [2.75, 3.05) is 6.54 Å². The zero-order chi connectivity index (χ0) is 8.81. The van der Waals surface area contributed by atoms with Crippen molar-refractivity contribution in [3.8, 4) is 0 Å². The average molecular weight is 227 g/mol. The van der Waals surface area contributed by atoms with Gasteiger partial charge in [-0.2, -0.15) is 0 Å². The highest BCUT2D eigenvalue weighted by molar-refractivity contribution is 9.10. The Balaban J connectivity index is 2.58. The summed E-state index contributed by atoms with van der Waals surface area (Å²) in [4.78, 5) is 4.18. The summed E-state index contributed by atoms with van der Waals surface area (Å²) in [6.07, 6.45) is 6.68. The van der Waals surface area contributed by atoms with Crippen molar-refractivity contribution >= 4 is 22.0 Å². The average Bonchev–Trinajstić information content (AvgIpc) is 2.09. The Morgan fingerprint density at radius 3 is 2.92 bits per heavy atom. The van der Waals surface area contributed by atoms with E-state index >= 15 is 0 Å². The second kappa shape index (κ2) is 5.06. The topological polar surface area (TPSA) is 38.9 Å². The Bertz CT molecular complexity index is 254. The third-order valence-corrected chi connectivity index (χ3v) is 1.84. The molecule has 1 rings (SSSR count). The first kappa shape index (κ1) is 9.42. The van der Waals surface area contributed by atoms with Crippen LogP contribution in [0.4, 0.5) is 0 Å². The molecule has 0 spiro atoms. The van der Waals surface area contributed by atoms with E-state index < -0.39 is 0 Å². The highest BCUT2D eigenvalue weighted by Gasteiger charge is 1.87. The smallest absolute Gasteiger partial charge is 0.0627 e. The Labute approximate surface area is 80.6 Å². The van der Waals surface area contributed by atoms with Gasteiger partial charge in [-0.15, -0.1) is 0 Å². The lowest BCUT2D eigenvalue weighted by Crippen LogP contribution is -1.95. The van der Waals surface area contributed by atoms with E-state index in [2.05, 4.69) is 20.9 Å². The van der Waals surface area contributed by atoms with Crippen LogP contribution in [0.5, 0.6) is 0 Å². The fourth-order valence-electron chi connectivity index (χ4n) is 0.786. The monoisotopic (exact) mass is 226 g/mol. The van der Waals surface area contributed by atoms with Gasteiger partial charge in [-0.25, -0.2) is 0 Å². The summed E-state index contributed by atoms with van der Waals surface area (Å²) < 4.78 is 0.999. The molecule has 0 aliphatic carbocycles. The SMILES string of the molecule is NCC/C=C/c1ccc(Br)cn1. The predicted molar refractivity (Wildman–Crippen MR) is 54.6 cm³/mol. The van der Waals surface area contributed by atoms with E-state index in [0.717, 1.165) is 16.6 Å². The molecule has 0 unspecified atom stereocenters. The van der Waals surface area contributed by atoms with E-state index in [1.165, 1.54) is 0 Å². The molecule has 0 saturated carbocycles. The van der Waals surface area contributed by atoms with Gasteiger partial charge in [0.25, 0.3) is 0 Å². The number of rotatable bonds is 3. The van der Waals surface area contributed by atoms with Crippen LogP contribution in [0.25, 0.3) is 6.08 Å². The molecule has 0 aromatic carbocycles. The van der Waals surface area contributed by atoms with Gasteiger partial charge < -0.3 is 5.73 Å². The second-order valence-electron chi connectivity index (χ2n) is 2.38. The number of hydrogen-bond donors (Lipinski definition) is 1. The summed E-state index contributed by atoms with van der Waals surface area (Å²) in [5.41, 5.74) is 6.30. The minimum Gasteiger partial charge on any atom is -0.330 e. The van der Waals surface area contributed by atoms with Crippen LogP contribution in [0.2, 0.25) is 0 Å². The normalized spacial score (nSPS) is 10.8. The maximum Gasteiger partial charge on any atom is 0.0627 e. The Kier molecular flexibility index (Phi) is 3.97. The summed E-state index contributed by atoms with van der Waals surface area (Å²) in [6, 6.07) is 3.92. The van der Waals surface area contributed by atoms with Crippen LogP contribution in [-0.2, 0) is 0 Å². The largest absolute Gasteiger partial charge is 0.330 e. The van der Waals surface area contributed by atoms with E-state index in [4.69, 9.17) is 5.73 Å². The van der Waals surface area contributed by atoms with Crippen molar-refractivity contribution in [2.24, 2.45) is 5.73 Å². The molecule has 0 amide bonds. The third-order valence-electron chi connectivity index (χ3n) is 1.37. The molecule has 2 N–H and O–H groups in total. The molecule has 1 heterocycles. The molecule has 0 aliphatic heterocycles. The number of nitrogens with two attached hydrogens (primary N) is 1. The molecule has 0 aliphatic rings. The molecule has 0 saturated heterocycles. The highest BCUT2D eigenvalue weighted by Crippen LogP contribution is 2.08. The molecule has 3 heteroatoms. The van der Waals surface area contributed by atoms with Gasteiger partial charge in [0.15, 0.2) is 0 Å². The summed E-state index contributed by atoms with van der Waals surface area (Å²) in [6.45, 7) is 0.688. The first-order valence-electron chi connectivity index (χ1n) is 3.81. The zero-order valence-corrected chi connectivity index (χ0v) is 8.29. The molecule has 2 nitrogen and oxygen atoms in total. The van der Waals surface area contributed by atoms with Crippen molar-refractivity contribution in [1.82, 2.24) is 4.98 Å². The number of aromatic nitrogens is 1. The van der Waals surface area contributed by atoms with Crippen LogP contribution in [0, 0.1) is 0 Å². The van der Waals surface area contributed by atoms with E-state index in [1.54, 1.807) is 6.20 Å². The van der Waals surface area contributed by atoms with Crippen LogP contribution < -0.4 is 5.73 Å². The van der Waals surface area contributed by atoms with Crippen LogP contribution in [0.3, 0.4) is 0 Å². The molecular weight excluding hydrogens is 216 g/mol. The van der Waals surface area contributed by atoms with Gasteiger partial charge in [-0.05, 0) is 47.1 Å². The van der Waals surface area contributed by atoms with Gasteiger partial charge >= 0.3 is 0 Å². The van der Waals surface area contributed by atoms with Gasteiger partial charge in [0.2, 0.25) is 0 Å². The number of pyridine rings is 1. The molecular formula is C9H11BrN2. The van der Waals surface area contributed by atoms with Gasteiger partial charge in [-0.3, -0.25) is 4.98 Å². The fraction of sp³-hybridized carbons (Fsp3) is 0.222. The summed E-state index contributed by atoms with van der Waals surface area (Å²) in [7, 11) is 0. The van der Waals surface area contributed by atoms with Crippen LogP contribution in [0.1, 0.15) is 12.1 Å². The van der Waals surface area contributed by atoms with Crippen molar-refractivity contribution in [3.63, 3.8) is 0 Å². The predicted octanol–water partition coefficient (Wildman–Crippen LogP) is 2.21. The lowest BCUT2D eigenvalue weighted by molar-refractivity contribution is 1.01. The standard InChI is InChI=1S/C9H11BrN2/c10-8-4-5-9(12-7-8)3-1-2-6-11/h1,3-5,7H,2,6,11H2/b3-1+. The maximum atomic E-state index is 5.34. The van der Waals surface area contributed by atoms with Gasteiger partial charge in [-0.1, -0.05) is 6.08 Å². The number of nitrogens with zero attached hydrogens (tertiary/aromatic N) is 1. The maximum absolute atomic E-state index is 5.34. The molecule has 0 bridgehead atoms. The van der Waals surface area contributed by atoms with E-state index in [-0.39, 0.29) is 0 Å². The third kappa shape index (κ3) is 3.15. The van der Waals surface area contributed by atoms with Gasteiger partial charge in [0.1, 0.15) is 0 Å². The Morgan fingerprint density at radius 1 is 1.50 bits per heavy atom. The van der Waals surface area contributed by atoms with Crippen LogP contribution in [-0.4, -0.2) is 11.5 Å². The lowest BCUT2D eigenvalue weighted by atomic mass is 10.3. The highest BCUT2D eigenvalue weighted by atomic mass is 79.9. The molecule has 12 heavy (non-hydrogen) atoms. The van der Waals surface area contributed by atoms with Crippen molar-refractivity contribution in [2.45, 2.75) is 6.42 Å². The molecule has 1 aromatic heterocycles. The van der Waals surface area contributed by atoms with Crippen molar-refractivity contribution < 1.29 is 0 Å². The van der Waals surface area contributed by atoms with Crippen LogP contribution >= 0.6 is 15.9 Å². The molecule has 64 valence electrons. The van der Waals surface area contributed by atoms with E-state index in [0.29, 0.717) is 6.54 Å². The van der Waals surface area contributed by atoms with Gasteiger partial charge in [0.05, 0.1) is 5.69 Å². The zero-order valence-electron chi connectivity index (χ0n) is 6.70.